The van der Waals surface area contributed by atoms with Gasteiger partial charge >= 0.3 is 0 Å². The van der Waals surface area contributed by atoms with Crippen LogP contribution in [0.15, 0.2) is 30.3 Å². The number of halogens is 1. The molecule has 0 fully saturated rings. The van der Waals surface area contributed by atoms with Crippen molar-refractivity contribution in [2.24, 2.45) is 0 Å². The lowest BCUT2D eigenvalue weighted by Gasteiger charge is -1.99. The van der Waals surface area contributed by atoms with Gasteiger partial charge in [-0.1, -0.05) is 18.2 Å². The van der Waals surface area contributed by atoms with Gasteiger partial charge in [0.1, 0.15) is 0 Å². The fourth-order valence-electron chi connectivity index (χ4n) is 0.707. The number of hydrogen-bond donors (Lipinski definition) is 2. The van der Waals surface area contributed by atoms with Crippen LogP contribution >= 0.6 is 11.9 Å². The second-order valence-electron chi connectivity index (χ2n) is 1.90. The minimum absolute atomic E-state index is 0.209. The largest absolute Gasteiger partial charge is 0.481 e. The predicted octanol–water partition coefficient (Wildman–Crippen LogP) is 1.79. The summed E-state index contributed by atoms with van der Waals surface area (Å²) in [4.78, 5) is 0. The summed E-state index contributed by atoms with van der Waals surface area (Å²) in [5.74, 6) is 0.209. The molecule has 2 N–H and O–H groups in total. The van der Waals surface area contributed by atoms with E-state index in [0.29, 0.717) is 0 Å². The van der Waals surface area contributed by atoms with E-state index in [0.717, 1.165) is 5.56 Å². The van der Waals surface area contributed by atoms with Crippen molar-refractivity contribution in [1.82, 2.24) is 0 Å². The summed E-state index contributed by atoms with van der Waals surface area (Å²) in [5.41, 5.74) is 0.810. The fraction of sp³-hybridized carbons (Fsp3) is 0.125. The molecule has 0 unspecified atom stereocenters. The summed E-state index contributed by atoms with van der Waals surface area (Å²) in [6.07, 6.45) is 0. The summed E-state index contributed by atoms with van der Waals surface area (Å²) in [6, 6.07) is 9.34. The third-order valence-corrected chi connectivity index (χ3v) is 1.24. The second-order valence-corrected chi connectivity index (χ2v) is 1.90. The van der Waals surface area contributed by atoms with Crippen LogP contribution in [0.4, 0.5) is 0 Å². The van der Waals surface area contributed by atoms with Crippen LogP contribution in [0.2, 0.25) is 0 Å². The van der Waals surface area contributed by atoms with Gasteiger partial charge in [0.15, 0.2) is 0 Å². The van der Waals surface area contributed by atoms with Crippen LogP contribution in [0.5, 0.6) is 0 Å². The number of ether oxygens (including phenoxy) is 1. The molecular weight excluding hydrogens is 178 g/mol. The molecule has 0 aliphatic rings. The minimum Gasteiger partial charge on any atom is -0.481 e. The molecule has 0 aliphatic heterocycles. The molecular formula is C8H10ClNO2. The van der Waals surface area contributed by atoms with Gasteiger partial charge in [0.2, 0.25) is 5.90 Å². The first kappa shape index (κ1) is 10.9. The van der Waals surface area contributed by atoms with E-state index in [2.05, 4.69) is 11.9 Å². The number of methoxy groups -OCH3 is 1. The summed E-state index contributed by atoms with van der Waals surface area (Å²) >= 11 is 3.64. The normalized spacial score (nSPS) is 7.92. The average molecular weight is 188 g/mol. The molecule has 0 amide bonds. The summed E-state index contributed by atoms with van der Waals surface area (Å²) in [6.45, 7) is 0. The topological polar surface area (TPSA) is 53.3 Å². The third-order valence-electron chi connectivity index (χ3n) is 1.24. The first-order valence-electron chi connectivity index (χ1n) is 3.19. The molecule has 0 atom stereocenters. The molecule has 1 rings (SSSR count). The molecule has 3 nitrogen and oxygen atoms in total. The lowest BCUT2D eigenvalue weighted by molar-refractivity contribution is 0.401. The lowest BCUT2D eigenvalue weighted by Crippen LogP contribution is -1.99. The molecule has 1 aromatic carbocycles. The van der Waals surface area contributed by atoms with Crippen molar-refractivity contribution in [1.29, 1.82) is 5.41 Å². The number of hydrogen-bond acceptors (Lipinski definition) is 3. The van der Waals surface area contributed by atoms with Gasteiger partial charge in [-0.2, -0.15) is 0 Å². The molecule has 0 aliphatic carbocycles. The molecule has 0 saturated carbocycles. The van der Waals surface area contributed by atoms with Gasteiger partial charge in [0.05, 0.1) is 19.0 Å². The molecule has 0 radical (unpaired) electrons. The van der Waals surface area contributed by atoms with Crippen molar-refractivity contribution in [2.45, 2.75) is 0 Å². The highest BCUT2D eigenvalue weighted by Crippen LogP contribution is 1.98. The highest BCUT2D eigenvalue weighted by atomic mass is 35.5. The van der Waals surface area contributed by atoms with Gasteiger partial charge in [0.25, 0.3) is 0 Å². The Morgan fingerprint density at radius 1 is 1.33 bits per heavy atom. The molecule has 0 bridgehead atoms. The monoisotopic (exact) mass is 187 g/mol. The quantitative estimate of drug-likeness (QED) is 0.520. The van der Waals surface area contributed by atoms with Crippen molar-refractivity contribution in [2.75, 3.05) is 7.11 Å². The van der Waals surface area contributed by atoms with Crippen LogP contribution in [0.25, 0.3) is 0 Å². The Bertz CT molecular complexity index is 226. The predicted molar refractivity (Wildman–Crippen MR) is 48.4 cm³/mol. The Labute approximate surface area is 76.2 Å². The molecule has 0 heterocycles. The molecule has 1 aromatic rings. The first-order valence-corrected chi connectivity index (χ1v) is 3.53. The first-order chi connectivity index (χ1) is 5.84. The van der Waals surface area contributed by atoms with Crippen LogP contribution in [-0.4, -0.2) is 17.7 Å². The Balaban J connectivity index is 0.000000561. The molecule has 0 aromatic heterocycles. The maximum Gasteiger partial charge on any atom is 0.212 e. The van der Waals surface area contributed by atoms with E-state index in [4.69, 9.17) is 14.8 Å². The summed E-state index contributed by atoms with van der Waals surface area (Å²) in [5, 5.41) is 7.26. The van der Waals surface area contributed by atoms with E-state index in [1.165, 1.54) is 7.11 Å². The van der Waals surface area contributed by atoms with Crippen LogP contribution in [0, 0.1) is 5.41 Å². The molecule has 0 saturated heterocycles. The smallest absolute Gasteiger partial charge is 0.212 e. The standard InChI is InChI=1S/C8H9NO.ClHO/c1-10-8(9)7-5-3-2-4-6-7;1-2/h2-6,9H,1H3;2H. The Kier molecular flexibility index (Phi) is 6.05. The van der Waals surface area contributed by atoms with Crippen molar-refractivity contribution in [3.63, 3.8) is 0 Å². The van der Waals surface area contributed by atoms with Gasteiger partial charge in [0, 0.05) is 5.56 Å². The van der Waals surface area contributed by atoms with E-state index in [1.54, 1.807) is 0 Å². The van der Waals surface area contributed by atoms with E-state index in [-0.39, 0.29) is 5.90 Å². The van der Waals surface area contributed by atoms with Gasteiger partial charge in [-0.15, -0.1) is 0 Å². The fourth-order valence-corrected chi connectivity index (χ4v) is 0.707. The molecule has 66 valence electrons. The Morgan fingerprint density at radius 2 is 1.83 bits per heavy atom. The zero-order valence-electron chi connectivity index (χ0n) is 6.62. The van der Waals surface area contributed by atoms with Crippen LogP contribution in [0.3, 0.4) is 0 Å². The van der Waals surface area contributed by atoms with Gasteiger partial charge in [-0.05, 0) is 12.1 Å². The van der Waals surface area contributed by atoms with Gasteiger partial charge in [-0.25, -0.2) is 0 Å². The molecule has 12 heavy (non-hydrogen) atoms. The van der Waals surface area contributed by atoms with Crippen molar-refractivity contribution in [3.8, 4) is 0 Å². The minimum atomic E-state index is 0.209. The Hall–Kier alpha value is -1.06. The van der Waals surface area contributed by atoms with Crippen LogP contribution in [0.1, 0.15) is 5.56 Å². The van der Waals surface area contributed by atoms with Gasteiger partial charge < -0.3 is 4.74 Å². The molecule has 4 heteroatoms. The van der Waals surface area contributed by atoms with E-state index < -0.39 is 0 Å². The van der Waals surface area contributed by atoms with Crippen LogP contribution < -0.4 is 0 Å². The van der Waals surface area contributed by atoms with E-state index in [9.17, 15) is 0 Å². The van der Waals surface area contributed by atoms with Gasteiger partial charge in [-0.3, -0.25) is 10.1 Å². The lowest BCUT2D eigenvalue weighted by atomic mass is 10.2. The van der Waals surface area contributed by atoms with Crippen molar-refractivity contribution >= 4 is 17.8 Å². The summed E-state index contributed by atoms with van der Waals surface area (Å²) in [7, 11) is 1.50. The van der Waals surface area contributed by atoms with E-state index in [1.807, 2.05) is 30.3 Å². The van der Waals surface area contributed by atoms with Crippen molar-refractivity contribution < 1.29 is 9.40 Å². The third kappa shape index (κ3) is 3.37. The maximum absolute atomic E-state index is 7.26. The summed E-state index contributed by atoms with van der Waals surface area (Å²) < 4.78 is 11.2. The number of nitrogens with one attached hydrogen (secondary N) is 1. The second kappa shape index (κ2) is 6.64. The highest BCUT2D eigenvalue weighted by Gasteiger charge is 1.95. The SMILES string of the molecule is COC(=N)c1ccccc1.OCl. The highest BCUT2D eigenvalue weighted by molar-refractivity contribution is 6.04. The average Bonchev–Trinajstić information content (AvgIpc) is 2.21. The Morgan fingerprint density at radius 3 is 2.25 bits per heavy atom. The van der Waals surface area contributed by atoms with E-state index >= 15 is 0 Å². The zero-order chi connectivity index (χ0) is 9.40. The zero-order valence-corrected chi connectivity index (χ0v) is 7.38. The van der Waals surface area contributed by atoms with Crippen molar-refractivity contribution in [3.05, 3.63) is 35.9 Å². The maximum atomic E-state index is 7.26. The molecule has 0 spiro atoms. The van der Waals surface area contributed by atoms with Crippen LogP contribution in [-0.2, 0) is 4.74 Å². The number of benzene rings is 1. The number of rotatable bonds is 1.